The third-order valence-electron chi connectivity index (χ3n) is 7.77. The lowest BCUT2D eigenvalue weighted by atomic mass is 9.74. The van der Waals surface area contributed by atoms with Crippen molar-refractivity contribution in [1.29, 1.82) is 0 Å². The minimum Gasteiger partial charge on any atom is -0.389 e. The number of likely N-dealkylation sites (tertiary alicyclic amines) is 1. The van der Waals surface area contributed by atoms with Crippen molar-refractivity contribution in [3.05, 3.63) is 101 Å². The van der Waals surface area contributed by atoms with Gasteiger partial charge in [0.1, 0.15) is 0 Å². The Kier molecular flexibility index (Phi) is 4.12. The van der Waals surface area contributed by atoms with Gasteiger partial charge in [-0.25, -0.2) is 0 Å². The van der Waals surface area contributed by atoms with Crippen molar-refractivity contribution in [2.75, 3.05) is 19.6 Å². The summed E-state index contributed by atoms with van der Waals surface area (Å²) in [5.41, 5.74) is 6.58. The summed E-state index contributed by atoms with van der Waals surface area (Å²) in [4.78, 5) is 7.02. The molecule has 1 fully saturated rings. The van der Waals surface area contributed by atoms with Crippen LogP contribution in [0.3, 0.4) is 0 Å². The lowest BCUT2D eigenvalue weighted by molar-refractivity contribution is -0.0243. The first-order valence-corrected chi connectivity index (χ1v) is 11.2. The van der Waals surface area contributed by atoms with Gasteiger partial charge in [0.2, 0.25) is 0 Å². The average molecular weight is 397 g/mol. The fourth-order valence-electron chi connectivity index (χ4n) is 6.33. The van der Waals surface area contributed by atoms with Crippen LogP contribution in [0.1, 0.15) is 53.1 Å². The van der Waals surface area contributed by atoms with Crippen LogP contribution >= 0.6 is 0 Å². The second kappa shape index (κ2) is 6.76. The predicted octanol–water partition coefficient (Wildman–Crippen LogP) is 4.29. The standard InChI is InChI=1S/C27H28N2O/c30-26(17-20-7-5-6-14-28-20)12-15-29(16-13-26)19-27-18-23(21-8-1-3-10-24(21)27)22-9-2-4-11-25(22)27/h1-11,14,23,30H,12-13,15-19H2. The Morgan fingerprint density at radius 2 is 1.50 bits per heavy atom. The van der Waals surface area contributed by atoms with E-state index in [9.17, 15) is 5.11 Å². The second-order valence-electron chi connectivity index (χ2n) is 9.51. The summed E-state index contributed by atoms with van der Waals surface area (Å²) in [5.74, 6) is 0.545. The van der Waals surface area contributed by atoms with E-state index in [2.05, 4.69) is 58.4 Å². The van der Waals surface area contributed by atoms with Crippen LogP contribution in [0.2, 0.25) is 0 Å². The fraction of sp³-hybridized carbons (Fsp3) is 0.370. The van der Waals surface area contributed by atoms with Crippen LogP contribution in [0.5, 0.6) is 0 Å². The van der Waals surface area contributed by atoms with Crippen molar-refractivity contribution >= 4 is 0 Å². The molecule has 30 heavy (non-hydrogen) atoms. The number of pyridine rings is 1. The molecule has 0 amide bonds. The van der Waals surface area contributed by atoms with Crippen molar-refractivity contribution in [1.82, 2.24) is 9.88 Å². The van der Waals surface area contributed by atoms with E-state index in [1.807, 2.05) is 24.4 Å². The summed E-state index contributed by atoms with van der Waals surface area (Å²) in [6.07, 6.45) is 5.29. The van der Waals surface area contributed by atoms with E-state index in [-0.39, 0.29) is 5.41 Å². The molecule has 3 nitrogen and oxygen atoms in total. The van der Waals surface area contributed by atoms with Crippen LogP contribution in [-0.4, -0.2) is 40.2 Å². The smallest absolute Gasteiger partial charge is 0.0727 e. The van der Waals surface area contributed by atoms with Gasteiger partial charge in [-0.15, -0.1) is 0 Å². The quantitative estimate of drug-likeness (QED) is 0.715. The number of nitrogens with zero attached hydrogens (tertiary/aromatic N) is 2. The number of rotatable bonds is 4. The first-order chi connectivity index (χ1) is 14.7. The Morgan fingerprint density at radius 1 is 0.867 bits per heavy atom. The van der Waals surface area contributed by atoms with Gasteiger partial charge < -0.3 is 10.0 Å². The van der Waals surface area contributed by atoms with Crippen LogP contribution in [-0.2, 0) is 11.8 Å². The Labute approximate surface area is 178 Å². The number of hydrogen-bond acceptors (Lipinski definition) is 3. The fourth-order valence-corrected chi connectivity index (χ4v) is 6.33. The highest BCUT2D eigenvalue weighted by Crippen LogP contribution is 2.60. The lowest BCUT2D eigenvalue weighted by Crippen LogP contribution is -2.49. The number of aliphatic hydroxyl groups is 1. The predicted molar refractivity (Wildman–Crippen MR) is 119 cm³/mol. The summed E-state index contributed by atoms with van der Waals surface area (Å²) in [5, 5.41) is 11.2. The Bertz CT molecular complexity index is 1020. The lowest BCUT2D eigenvalue weighted by Gasteiger charge is -2.42. The van der Waals surface area contributed by atoms with Crippen molar-refractivity contribution in [2.45, 2.75) is 42.6 Å². The Morgan fingerprint density at radius 3 is 2.13 bits per heavy atom. The molecule has 0 spiro atoms. The van der Waals surface area contributed by atoms with Gasteiger partial charge in [0, 0.05) is 49.3 Å². The van der Waals surface area contributed by atoms with Gasteiger partial charge >= 0.3 is 0 Å². The highest BCUT2D eigenvalue weighted by molar-refractivity contribution is 5.62. The van der Waals surface area contributed by atoms with Crippen LogP contribution < -0.4 is 0 Å². The molecule has 1 N–H and O–H groups in total. The van der Waals surface area contributed by atoms with Crippen molar-refractivity contribution in [3.63, 3.8) is 0 Å². The molecule has 1 aliphatic heterocycles. The summed E-state index contributed by atoms with van der Waals surface area (Å²) in [6.45, 7) is 2.94. The Balaban J connectivity index is 1.24. The zero-order chi connectivity index (χ0) is 20.2. The molecule has 3 heteroatoms. The van der Waals surface area contributed by atoms with Crippen molar-refractivity contribution in [2.24, 2.45) is 0 Å². The van der Waals surface area contributed by atoms with E-state index in [1.54, 1.807) is 0 Å². The molecule has 3 aliphatic rings. The van der Waals surface area contributed by atoms with Crippen molar-refractivity contribution in [3.8, 4) is 0 Å². The molecular weight excluding hydrogens is 368 g/mol. The van der Waals surface area contributed by atoms with E-state index < -0.39 is 5.60 Å². The average Bonchev–Trinajstić information content (AvgIpc) is 3.29. The zero-order valence-corrected chi connectivity index (χ0v) is 17.3. The molecule has 2 bridgehead atoms. The molecule has 6 rings (SSSR count). The minimum absolute atomic E-state index is 0.105. The van der Waals surface area contributed by atoms with Gasteiger partial charge in [-0.3, -0.25) is 4.98 Å². The topological polar surface area (TPSA) is 36.4 Å². The molecule has 152 valence electrons. The molecule has 1 aromatic heterocycles. The highest BCUT2D eigenvalue weighted by atomic mass is 16.3. The van der Waals surface area contributed by atoms with E-state index in [0.717, 1.165) is 38.2 Å². The highest BCUT2D eigenvalue weighted by Gasteiger charge is 2.53. The number of fused-ring (bicyclic) bond motifs is 8. The maximum absolute atomic E-state index is 11.2. The second-order valence-corrected chi connectivity index (χ2v) is 9.51. The largest absolute Gasteiger partial charge is 0.389 e. The van der Waals surface area contributed by atoms with Gasteiger partial charge in [0.05, 0.1) is 5.60 Å². The minimum atomic E-state index is -0.633. The summed E-state index contributed by atoms with van der Waals surface area (Å²) < 4.78 is 0. The summed E-state index contributed by atoms with van der Waals surface area (Å²) >= 11 is 0. The molecular formula is C27H28N2O. The van der Waals surface area contributed by atoms with Gasteiger partial charge in [-0.2, -0.15) is 0 Å². The summed E-state index contributed by atoms with van der Waals surface area (Å²) in [6, 6.07) is 24.1. The van der Waals surface area contributed by atoms with Crippen LogP contribution in [0.15, 0.2) is 72.9 Å². The SMILES string of the molecule is OC1(Cc2ccccn2)CCN(CC23CC(c4ccccc42)c2ccccc23)CC1. The first-order valence-electron chi connectivity index (χ1n) is 11.2. The maximum Gasteiger partial charge on any atom is 0.0727 e. The van der Waals surface area contributed by atoms with E-state index in [1.165, 1.54) is 28.7 Å². The van der Waals surface area contributed by atoms with Crippen LogP contribution in [0.4, 0.5) is 0 Å². The van der Waals surface area contributed by atoms with Gasteiger partial charge in [0.25, 0.3) is 0 Å². The third-order valence-corrected chi connectivity index (χ3v) is 7.77. The van der Waals surface area contributed by atoms with E-state index in [0.29, 0.717) is 12.3 Å². The third kappa shape index (κ3) is 2.76. The molecule has 0 saturated carbocycles. The monoisotopic (exact) mass is 396 g/mol. The van der Waals surface area contributed by atoms with E-state index >= 15 is 0 Å². The maximum atomic E-state index is 11.2. The number of hydrogen-bond donors (Lipinski definition) is 1. The molecule has 3 aromatic rings. The Hall–Kier alpha value is -2.49. The van der Waals surface area contributed by atoms with Gasteiger partial charge in [-0.1, -0.05) is 54.6 Å². The first kappa shape index (κ1) is 18.3. The molecule has 0 atom stereocenters. The molecule has 2 heterocycles. The molecule has 2 aliphatic carbocycles. The van der Waals surface area contributed by atoms with Gasteiger partial charge in [0.15, 0.2) is 0 Å². The zero-order valence-electron chi connectivity index (χ0n) is 17.3. The molecule has 0 radical (unpaired) electrons. The number of benzene rings is 2. The molecule has 2 aromatic carbocycles. The van der Waals surface area contributed by atoms with Crippen molar-refractivity contribution < 1.29 is 5.11 Å². The number of piperidine rings is 1. The van der Waals surface area contributed by atoms with Crippen LogP contribution in [0, 0.1) is 0 Å². The van der Waals surface area contributed by atoms with Crippen LogP contribution in [0.25, 0.3) is 0 Å². The normalized spacial score (nSPS) is 26.4. The van der Waals surface area contributed by atoms with Gasteiger partial charge in [-0.05, 0) is 53.6 Å². The number of aromatic nitrogens is 1. The van der Waals surface area contributed by atoms with E-state index in [4.69, 9.17) is 0 Å². The molecule has 1 saturated heterocycles. The molecule has 0 unspecified atom stereocenters. The summed E-state index contributed by atoms with van der Waals surface area (Å²) in [7, 11) is 0.